The van der Waals surface area contributed by atoms with Gasteiger partial charge in [-0.1, -0.05) is 6.07 Å². The van der Waals surface area contributed by atoms with Gasteiger partial charge in [-0.3, -0.25) is 9.59 Å². The molecular formula is C16H14O4S. The van der Waals surface area contributed by atoms with E-state index in [9.17, 15) is 9.59 Å². The van der Waals surface area contributed by atoms with Crippen molar-refractivity contribution in [3.05, 3.63) is 50.7 Å². The van der Waals surface area contributed by atoms with E-state index in [2.05, 4.69) is 0 Å². The normalized spacial score (nSPS) is 12.8. The number of carbonyl (C=O) groups excluding carboxylic acids is 1. The first-order chi connectivity index (χ1) is 10.1. The fourth-order valence-corrected chi connectivity index (χ4v) is 3.28. The van der Waals surface area contributed by atoms with Crippen LogP contribution >= 0.6 is 11.3 Å². The van der Waals surface area contributed by atoms with Crippen molar-refractivity contribution >= 4 is 23.1 Å². The summed E-state index contributed by atoms with van der Waals surface area (Å²) >= 11 is 1.46. The molecule has 0 atom stereocenters. The van der Waals surface area contributed by atoms with Gasteiger partial charge in [-0.15, -0.1) is 0 Å². The summed E-state index contributed by atoms with van der Waals surface area (Å²) in [5.41, 5.74) is 3.45. The Bertz CT molecular complexity index is 716. The summed E-state index contributed by atoms with van der Waals surface area (Å²) in [6, 6.07) is 3.63. The molecule has 0 saturated carbocycles. The number of fused-ring (bicyclic) bond motifs is 1. The molecule has 3 rings (SSSR count). The van der Waals surface area contributed by atoms with Gasteiger partial charge < -0.3 is 9.84 Å². The number of hydrogen-bond donors (Lipinski definition) is 1. The maximum atomic E-state index is 12.7. The Morgan fingerprint density at radius 1 is 1.43 bits per heavy atom. The fraction of sp³-hybridized carbons (Fsp3) is 0.250. The van der Waals surface area contributed by atoms with Crippen LogP contribution < -0.4 is 4.74 Å². The number of aliphatic carboxylic acids is 1. The topological polar surface area (TPSA) is 63.6 Å². The molecule has 0 saturated heterocycles. The molecular weight excluding hydrogens is 288 g/mol. The molecule has 1 aromatic carbocycles. The second-order valence-electron chi connectivity index (χ2n) is 5.03. The number of carboxylic acids is 1. The summed E-state index contributed by atoms with van der Waals surface area (Å²) < 4.78 is 5.62. The van der Waals surface area contributed by atoms with Gasteiger partial charge in [0.15, 0.2) is 5.78 Å². The van der Waals surface area contributed by atoms with E-state index in [1.165, 1.54) is 11.3 Å². The molecule has 0 amide bonds. The molecule has 108 valence electrons. The van der Waals surface area contributed by atoms with Crippen molar-refractivity contribution in [1.29, 1.82) is 0 Å². The van der Waals surface area contributed by atoms with Crippen LogP contribution in [0.15, 0.2) is 22.9 Å². The number of benzene rings is 1. The highest BCUT2D eigenvalue weighted by Crippen LogP contribution is 2.36. The molecule has 0 bridgehead atoms. The SMILES string of the molecule is Cc1c(CC(=O)O)cc2c(c1C(=O)c1ccsc1)OCC2. The summed E-state index contributed by atoms with van der Waals surface area (Å²) in [7, 11) is 0. The summed E-state index contributed by atoms with van der Waals surface area (Å²) in [5, 5.41) is 12.7. The smallest absolute Gasteiger partial charge is 0.307 e. The van der Waals surface area contributed by atoms with Crippen molar-refractivity contribution in [3.63, 3.8) is 0 Å². The van der Waals surface area contributed by atoms with Crippen LogP contribution in [0, 0.1) is 6.92 Å². The molecule has 1 aliphatic heterocycles. The minimum absolute atomic E-state index is 0.0803. The summed E-state index contributed by atoms with van der Waals surface area (Å²) in [6.07, 6.45) is 0.634. The largest absolute Gasteiger partial charge is 0.492 e. The molecule has 1 aliphatic rings. The van der Waals surface area contributed by atoms with Gasteiger partial charge in [0.25, 0.3) is 0 Å². The number of ether oxygens (including phenoxy) is 1. The van der Waals surface area contributed by atoms with Gasteiger partial charge in [0.05, 0.1) is 18.6 Å². The molecule has 0 unspecified atom stereocenters. The Balaban J connectivity index is 2.16. The second kappa shape index (κ2) is 5.33. The fourth-order valence-electron chi connectivity index (χ4n) is 2.65. The Morgan fingerprint density at radius 3 is 2.90 bits per heavy atom. The van der Waals surface area contributed by atoms with E-state index in [1.807, 2.05) is 11.4 Å². The lowest BCUT2D eigenvalue weighted by atomic mass is 9.91. The standard InChI is InChI=1S/C16H14O4S/c1-9-12(7-13(17)18)6-10-2-4-20-16(10)14(9)15(19)11-3-5-21-8-11/h3,5-6,8H,2,4,7H2,1H3,(H,17,18). The van der Waals surface area contributed by atoms with E-state index in [1.54, 1.807) is 18.4 Å². The average Bonchev–Trinajstić information content (AvgIpc) is 3.08. The third kappa shape index (κ3) is 2.45. The van der Waals surface area contributed by atoms with Gasteiger partial charge in [-0.25, -0.2) is 0 Å². The first-order valence-corrected chi connectivity index (χ1v) is 7.59. The van der Waals surface area contributed by atoms with Gasteiger partial charge in [-0.2, -0.15) is 11.3 Å². The molecule has 1 N–H and O–H groups in total. The molecule has 2 aromatic rings. The van der Waals surface area contributed by atoms with Crippen molar-refractivity contribution in [1.82, 2.24) is 0 Å². The Hall–Kier alpha value is -2.14. The van der Waals surface area contributed by atoms with E-state index in [0.717, 1.165) is 5.56 Å². The number of rotatable bonds is 4. The highest BCUT2D eigenvalue weighted by Gasteiger charge is 2.26. The monoisotopic (exact) mass is 302 g/mol. The molecule has 21 heavy (non-hydrogen) atoms. The van der Waals surface area contributed by atoms with Crippen molar-refractivity contribution < 1.29 is 19.4 Å². The van der Waals surface area contributed by atoms with Crippen LogP contribution in [-0.2, 0) is 17.6 Å². The lowest BCUT2D eigenvalue weighted by molar-refractivity contribution is -0.136. The van der Waals surface area contributed by atoms with E-state index in [0.29, 0.717) is 41.0 Å². The first kappa shape index (κ1) is 13.8. The van der Waals surface area contributed by atoms with Crippen LogP contribution in [0.1, 0.15) is 32.6 Å². The van der Waals surface area contributed by atoms with Gasteiger partial charge in [0, 0.05) is 17.4 Å². The summed E-state index contributed by atoms with van der Waals surface area (Å²) in [5.74, 6) is -0.372. The zero-order chi connectivity index (χ0) is 15.0. The average molecular weight is 302 g/mol. The van der Waals surface area contributed by atoms with E-state index in [4.69, 9.17) is 9.84 Å². The number of thiophene rings is 1. The zero-order valence-corrected chi connectivity index (χ0v) is 12.3. The van der Waals surface area contributed by atoms with E-state index < -0.39 is 5.97 Å². The van der Waals surface area contributed by atoms with Gasteiger partial charge in [-0.05, 0) is 35.1 Å². The van der Waals surface area contributed by atoms with Crippen LogP contribution in [0.5, 0.6) is 5.75 Å². The van der Waals surface area contributed by atoms with E-state index in [-0.39, 0.29) is 12.2 Å². The minimum atomic E-state index is -0.897. The van der Waals surface area contributed by atoms with Crippen LogP contribution in [0.25, 0.3) is 0 Å². The Labute approximate surface area is 126 Å². The van der Waals surface area contributed by atoms with Crippen LogP contribution in [0.4, 0.5) is 0 Å². The number of hydrogen-bond acceptors (Lipinski definition) is 4. The predicted molar refractivity (Wildman–Crippen MR) is 79.5 cm³/mol. The third-order valence-corrected chi connectivity index (χ3v) is 4.38. The van der Waals surface area contributed by atoms with Gasteiger partial charge in [0.1, 0.15) is 5.75 Å². The summed E-state index contributed by atoms with van der Waals surface area (Å²) in [4.78, 5) is 23.7. The Morgan fingerprint density at radius 2 is 2.24 bits per heavy atom. The highest BCUT2D eigenvalue weighted by molar-refractivity contribution is 7.08. The van der Waals surface area contributed by atoms with Crippen molar-refractivity contribution in [2.75, 3.05) is 6.61 Å². The van der Waals surface area contributed by atoms with Crippen molar-refractivity contribution in [3.8, 4) is 5.75 Å². The molecule has 0 spiro atoms. The Kier molecular flexibility index (Phi) is 3.51. The molecule has 1 aromatic heterocycles. The maximum Gasteiger partial charge on any atom is 0.307 e. The maximum absolute atomic E-state index is 12.7. The van der Waals surface area contributed by atoms with Gasteiger partial charge >= 0.3 is 5.97 Å². The first-order valence-electron chi connectivity index (χ1n) is 6.64. The summed E-state index contributed by atoms with van der Waals surface area (Å²) in [6.45, 7) is 2.33. The van der Waals surface area contributed by atoms with Crippen LogP contribution in [0.2, 0.25) is 0 Å². The minimum Gasteiger partial charge on any atom is -0.492 e. The lowest BCUT2D eigenvalue weighted by Gasteiger charge is -2.14. The van der Waals surface area contributed by atoms with E-state index >= 15 is 0 Å². The lowest BCUT2D eigenvalue weighted by Crippen LogP contribution is -2.10. The van der Waals surface area contributed by atoms with Crippen molar-refractivity contribution in [2.24, 2.45) is 0 Å². The number of ketones is 1. The van der Waals surface area contributed by atoms with Crippen LogP contribution in [0.3, 0.4) is 0 Å². The van der Waals surface area contributed by atoms with Gasteiger partial charge in [0.2, 0.25) is 0 Å². The predicted octanol–water partition coefficient (Wildman–Crippen LogP) is 2.85. The quantitative estimate of drug-likeness (QED) is 0.882. The third-order valence-electron chi connectivity index (χ3n) is 3.69. The molecule has 5 heteroatoms. The molecule has 0 aliphatic carbocycles. The molecule has 4 nitrogen and oxygen atoms in total. The highest BCUT2D eigenvalue weighted by atomic mass is 32.1. The van der Waals surface area contributed by atoms with Crippen LogP contribution in [-0.4, -0.2) is 23.5 Å². The second-order valence-corrected chi connectivity index (χ2v) is 5.81. The number of carbonyl (C=O) groups is 2. The molecule has 2 heterocycles. The van der Waals surface area contributed by atoms with Crippen molar-refractivity contribution in [2.45, 2.75) is 19.8 Å². The molecule has 0 fully saturated rings. The zero-order valence-electron chi connectivity index (χ0n) is 11.5. The molecule has 0 radical (unpaired) electrons. The number of carboxylic acid groups (broad SMARTS) is 1.